The second kappa shape index (κ2) is 6.11. The van der Waals surface area contributed by atoms with E-state index >= 15 is 0 Å². The first-order valence-electron chi connectivity index (χ1n) is 4.98. The van der Waals surface area contributed by atoms with Gasteiger partial charge in [-0.05, 0) is 18.6 Å². The summed E-state index contributed by atoms with van der Waals surface area (Å²) in [5, 5.41) is 11.5. The molecule has 0 aromatic carbocycles. The van der Waals surface area contributed by atoms with Gasteiger partial charge in [0.1, 0.15) is 5.82 Å². The van der Waals surface area contributed by atoms with Crippen LogP contribution in [0.15, 0.2) is 17.2 Å². The van der Waals surface area contributed by atoms with Gasteiger partial charge in [-0.2, -0.15) is 13.2 Å². The summed E-state index contributed by atoms with van der Waals surface area (Å²) >= 11 is 1.19. The van der Waals surface area contributed by atoms with Crippen LogP contribution in [0, 0.1) is 0 Å². The third-order valence-corrected chi connectivity index (χ3v) is 2.94. The molecule has 0 amide bonds. The molecule has 2 N–H and O–H groups in total. The average molecular weight is 266 g/mol. The lowest BCUT2D eigenvalue weighted by molar-refractivity contribution is -0.137. The number of pyridine rings is 1. The molecule has 1 heterocycles. The lowest BCUT2D eigenvalue weighted by atomic mass is 10.2. The Morgan fingerprint density at radius 3 is 2.65 bits per heavy atom. The molecular weight excluding hydrogens is 253 g/mol. The summed E-state index contributed by atoms with van der Waals surface area (Å²) in [5.41, 5.74) is -0.719. The van der Waals surface area contributed by atoms with Gasteiger partial charge in [-0.3, -0.25) is 0 Å². The molecule has 0 aliphatic heterocycles. The minimum atomic E-state index is -4.37. The lowest BCUT2D eigenvalue weighted by Gasteiger charge is -2.10. The molecule has 1 rings (SSSR count). The Morgan fingerprint density at radius 1 is 1.41 bits per heavy atom. The van der Waals surface area contributed by atoms with Crippen molar-refractivity contribution in [1.29, 1.82) is 0 Å². The zero-order valence-electron chi connectivity index (χ0n) is 9.21. The Balaban J connectivity index is 2.89. The van der Waals surface area contributed by atoms with Gasteiger partial charge in [-0.1, -0.05) is 0 Å². The number of thioether (sulfide) groups is 1. The Bertz CT molecular complexity index is 371. The second-order valence-electron chi connectivity index (χ2n) is 3.25. The van der Waals surface area contributed by atoms with E-state index in [2.05, 4.69) is 10.3 Å². The molecule has 0 bridgehead atoms. The quantitative estimate of drug-likeness (QED) is 0.635. The molecule has 0 saturated carbocycles. The zero-order chi connectivity index (χ0) is 12.9. The Labute approximate surface area is 101 Å². The van der Waals surface area contributed by atoms with Crippen molar-refractivity contribution in [3.05, 3.63) is 17.7 Å². The van der Waals surface area contributed by atoms with E-state index < -0.39 is 11.7 Å². The fourth-order valence-corrected chi connectivity index (χ4v) is 1.97. The van der Waals surface area contributed by atoms with Crippen molar-refractivity contribution in [3.8, 4) is 0 Å². The van der Waals surface area contributed by atoms with E-state index in [1.54, 1.807) is 0 Å². The summed E-state index contributed by atoms with van der Waals surface area (Å²) in [4.78, 5) is 4.01. The van der Waals surface area contributed by atoms with Crippen molar-refractivity contribution in [2.24, 2.45) is 0 Å². The van der Waals surface area contributed by atoms with E-state index in [1.165, 1.54) is 18.8 Å². The number of halogens is 3. The molecule has 1 aromatic rings. The van der Waals surface area contributed by atoms with Gasteiger partial charge in [0.15, 0.2) is 0 Å². The molecule has 0 aliphatic carbocycles. The molecule has 17 heavy (non-hydrogen) atoms. The van der Waals surface area contributed by atoms with Crippen LogP contribution in [-0.4, -0.2) is 29.5 Å². The monoisotopic (exact) mass is 266 g/mol. The summed E-state index contributed by atoms with van der Waals surface area (Å²) in [5.74, 6) is 0.722. The normalized spacial score (nSPS) is 11.6. The summed E-state index contributed by atoms with van der Waals surface area (Å²) in [6, 6.07) is 1.99. The van der Waals surface area contributed by atoms with Crippen LogP contribution in [0.2, 0.25) is 0 Å². The molecule has 0 unspecified atom stereocenters. The van der Waals surface area contributed by atoms with Crippen LogP contribution in [-0.2, 0) is 6.18 Å². The van der Waals surface area contributed by atoms with Gasteiger partial charge in [-0.25, -0.2) is 4.98 Å². The number of aliphatic hydroxyl groups is 1. The van der Waals surface area contributed by atoms with E-state index in [0.717, 1.165) is 12.1 Å². The number of aliphatic hydroxyl groups excluding tert-OH is 1. The molecule has 96 valence electrons. The van der Waals surface area contributed by atoms with Crippen molar-refractivity contribution < 1.29 is 18.3 Å². The maximum absolute atomic E-state index is 12.6. The lowest BCUT2D eigenvalue weighted by Crippen LogP contribution is -2.07. The van der Waals surface area contributed by atoms with Crippen molar-refractivity contribution in [2.45, 2.75) is 17.6 Å². The zero-order valence-corrected chi connectivity index (χ0v) is 10.0. The maximum Gasteiger partial charge on any atom is 0.416 e. The molecule has 0 fully saturated rings. The standard InChI is InChI=1S/C10H13F3N2OS/c1-14-8-5-7(10(11,12)13)6-9(15-8)17-4-2-3-16/h5-6,16H,2-4H2,1H3,(H,14,15). The summed E-state index contributed by atoms with van der Waals surface area (Å²) in [7, 11) is 1.52. The van der Waals surface area contributed by atoms with Crippen LogP contribution in [0.3, 0.4) is 0 Å². The van der Waals surface area contributed by atoms with E-state index in [-0.39, 0.29) is 12.4 Å². The second-order valence-corrected chi connectivity index (χ2v) is 4.37. The number of rotatable bonds is 5. The predicted molar refractivity (Wildman–Crippen MR) is 61.2 cm³/mol. The van der Waals surface area contributed by atoms with E-state index in [9.17, 15) is 13.2 Å². The first-order valence-corrected chi connectivity index (χ1v) is 5.96. The fourth-order valence-electron chi connectivity index (χ4n) is 1.11. The number of nitrogens with one attached hydrogen (secondary N) is 1. The highest BCUT2D eigenvalue weighted by Gasteiger charge is 2.31. The summed E-state index contributed by atoms with van der Waals surface area (Å²) < 4.78 is 37.7. The Hall–Kier alpha value is -0.950. The summed E-state index contributed by atoms with van der Waals surface area (Å²) in [6.45, 7) is 0.0187. The van der Waals surface area contributed by atoms with Gasteiger partial charge in [-0.15, -0.1) is 11.8 Å². The maximum atomic E-state index is 12.6. The molecule has 0 saturated heterocycles. The number of hydrogen-bond acceptors (Lipinski definition) is 4. The largest absolute Gasteiger partial charge is 0.416 e. The van der Waals surface area contributed by atoms with Crippen LogP contribution in [0.4, 0.5) is 19.0 Å². The van der Waals surface area contributed by atoms with Gasteiger partial charge in [0.05, 0.1) is 10.6 Å². The van der Waals surface area contributed by atoms with Crippen molar-refractivity contribution in [2.75, 3.05) is 24.7 Å². The van der Waals surface area contributed by atoms with Crippen LogP contribution >= 0.6 is 11.8 Å². The van der Waals surface area contributed by atoms with Gasteiger partial charge < -0.3 is 10.4 Å². The van der Waals surface area contributed by atoms with Crippen LogP contribution in [0.5, 0.6) is 0 Å². The molecule has 7 heteroatoms. The van der Waals surface area contributed by atoms with E-state index in [0.29, 0.717) is 17.2 Å². The fraction of sp³-hybridized carbons (Fsp3) is 0.500. The molecular formula is C10H13F3N2OS. The minimum absolute atomic E-state index is 0.0187. The predicted octanol–water partition coefficient (Wildman–Crippen LogP) is 2.62. The van der Waals surface area contributed by atoms with Gasteiger partial charge in [0.2, 0.25) is 0 Å². The van der Waals surface area contributed by atoms with Crippen molar-refractivity contribution >= 4 is 17.6 Å². The Morgan fingerprint density at radius 2 is 2.12 bits per heavy atom. The SMILES string of the molecule is CNc1cc(C(F)(F)F)cc(SCCCO)n1. The molecule has 0 radical (unpaired) electrons. The summed E-state index contributed by atoms with van der Waals surface area (Å²) in [6.07, 6.45) is -3.85. The number of anilines is 1. The number of aromatic nitrogens is 1. The van der Waals surface area contributed by atoms with E-state index in [4.69, 9.17) is 5.11 Å². The third-order valence-electron chi connectivity index (χ3n) is 1.94. The molecule has 0 aliphatic rings. The first-order chi connectivity index (χ1) is 7.97. The first kappa shape index (κ1) is 14.1. The van der Waals surface area contributed by atoms with E-state index in [1.807, 2.05) is 0 Å². The number of alkyl halides is 3. The third kappa shape index (κ3) is 4.43. The molecule has 3 nitrogen and oxygen atoms in total. The van der Waals surface area contributed by atoms with Crippen LogP contribution in [0.25, 0.3) is 0 Å². The van der Waals surface area contributed by atoms with Crippen molar-refractivity contribution in [1.82, 2.24) is 4.98 Å². The smallest absolute Gasteiger partial charge is 0.396 e. The van der Waals surface area contributed by atoms with Gasteiger partial charge >= 0.3 is 6.18 Å². The molecule has 0 spiro atoms. The molecule has 0 atom stereocenters. The Kier molecular flexibility index (Phi) is 5.07. The van der Waals surface area contributed by atoms with Crippen LogP contribution < -0.4 is 5.32 Å². The minimum Gasteiger partial charge on any atom is -0.396 e. The van der Waals surface area contributed by atoms with Gasteiger partial charge in [0, 0.05) is 19.4 Å². The highest BCUT2D eigenvalue weighted by Crippen LogP contribution is 2.33. The number of nitrogens with zero attached hydrogens (tertiary/aromatic N) is 1. The topological polar surface area (TPSA) is 45.1 Å². The average Bonchev–Trinajstić information content (AvgIpc) is 2.28. The highest BCUT2D eigenvalue weighted by atomic mass is 32.2. The molecule has 1 aromatic heterocycles. The number of hydrogen-bond donors (Lipinski definition) is 2. The van der Waals surface area contributed by atoms with Crippen molar-refractivity contribution in [3.63, 3.8) is 0 Å². The van der Waals surface area contributed by atoms with Crippen LogP contribution in [0.1, 0.15) is 12.0 Å². The highest BCUT2D eigenvalue weighted by molar-refractivity contribution is 7.99. The van der Waals surface area contributed by atoms with Gasteiger partial charge in [0.25, 0.3) is 0 Å².